The molecular weight excluding hydrogens is 290 g/mol. The van der Waals surface area contributed by atoms with Gasteiger partial charge in [0.25, 0.3) is 0 Å². The van der Waals surface area contributed by atoms with Crippen LogP contribution in [0.4, 0.5) is 0 Å². The zero-order valence-electron chi connectivity index (χ0n) is 13.5. The van der Waals surface area contributed by atoms with Gasteiger partial charge < -0.3 is 0 Å². The van der Waals surface area contributed by atoms with Gasteiger partial charge in [-0.3, -0.25) is 9.88 Å². The first-order valence-electron chi connectivity index (χ1n) is 7.53. The van der Waals surface area contributed by atoms with Gasteiger partial charge in [0.1, 0.15) is 0 Å². The molecule has 1 atom stereocenters. The summed E-state index contributed by atoms with van der Waals surface area (Å²) in [6.45, 7) is 7.35. The summed E-state index contributed by atoms with van der Waals surface area (Å²) < 4.78 is 0. The van der Waals surface area contributed by atoms with Gasteiger partial charge in [-0.1, -0.05) is 18.2 Å². The van der Waals surface area contributed by atoms with Crippen LogP contribution in [-0.2, 0) is 6.54 Å². The molecule has 0 saturated carbocycles. The van der Waals surface area contributed by atoms with Gasteiger partial charge >= 0.3 is 0 Å². The monoisotopic (exact) mass is 311 g/mol. The maximum Gasteiger partial charge on any atom is 0.0900 e. The van der Waals surface area contributed by atoms with E-state index in [0.29, 0.717) is 6.04 Å². The standard InChI is InChI=1S/C18H21N3S/c1-12(18-13(2)22-14(3)20-18)21(4)11-15-9-10-19-17-8-6-5-7-16(15)17/h5-10,12H,11H2,1-4H3. The highest BCUT2D eigenvalue weighted by Crippen LogP contribution is 2.28. The van der Waals surface area contributed by atoms with E-state index in [1.807, 2.05) is 12.3 Å². The van der Waals surface area contributed by atoms with Crippen molar-refractivity contribution < 1.29 is 0 Å². The summed E-state index contributed by atoms with van der Waals surface area (Å²) in [5, 5.41) is 2.37. The Balaban J connectivity index is 1.87. The number of aromatic nitrogens is 2. The summed E-state index contributed by atoms with van der Waals surface area (Å²) in [7, 11) is 2.16. The van der Waals surface area contributed by atoms with Crippen molar-refractivity contribution in [3.05, 3.63) is 57.7 Å². The van der Waals surface area contributed by atoms with E-state index in [0.717, 1.165) is 17.1 Å². The lowest BCUT2D eigenvalue weighted by Crippen LogP contribution is -2.23. The fourth-order valence-electron chi connectivity index (χ4n) is 2.84. The Labute approximate surface area is 135 Å². The summed E-state index contributed by atoms with van der Waals surface area (Å²) in [4.78, 5) is 12.8. The van der Waals surface area contributed by atoms with Crippen LogP contribution in [0.2, 0.25) is 0 Å². The fourth-order valence-corrected chi connectivity index (χ4v) is 3.75. The molecule has 0 aliphatic carbocycles. The third-order valence-corrected chi connectivity index (χ3v) is 5.06. The molecule has 2 heterocycles. The molecule has 22 heavy (non-hydrogen) atoms. The Morgan fingerprint density at radius 2 is 1.95 bits per heavy atom. The van der Waals surface area contributed by atoms with Crippen LogP contribution in [0.25, 0.3) is 10.9 Å². The molecule has 3 aromatic rings. The Morgan fingerprint density at radius 1 is 1.18 bits per heavy atom. The molecule has 3 rings (SSSR count). The molecule has 0 saturated heterocycles. The molecule has 4 heteroatoms. The van der Waals surface area contributed by atoms with Crippen LogP contribution in [0.3, 0.4) is 0 Å². The van der Waals surface area contributed by atoms with E-state index in [-0.39, 0.29) is 0 Å². The molecule has 0 aliphatic rings. The molecule has 0 N–H and O–H groups in total. The van der Waals surface area contributed by atoms with Crippen molar-refractivity contribution in [2.45, 2.75) is 33.4 Å². The minimum atomic E-state index is 0.303. The van der Waals surface area contributed by atoms with Crippen LogP contribution in [-0.4, -0.2) is 21.9 Å². The van der Waals surface area contributed by atoms with Crippen molar-refractivity contribution >= 4 is 22.2 Å². The number of pyridine rings is 1. The molecule has 1 unspecified atom stereocenters. The van der Waals surface area contributed by atoms with Gasteiger partial charge in [-0.15, -0.1) is 11.3 Å². The number of thiazole rings is 1. The van der Waals surface area contributed by atoms with E-state index in [1.54, 1.807) is 11.3 Å². The van der Waals surface area contributed by atoms with Crippen LogP contribution >= 0.6 is 11.3 Å². The molecule has 3 nitrogen and oxygen atoms in total. The molecule has 0 bridgehead atoms. The summed E-state index contributed by atoms with van der Waals surface area (Å²) in [5.74, 6) is 0. The predicted octanol–water partition coefficient (Wildman–Crippen LogP) is 4.50. The summed E-state index contributed by atoms with van der Waals surface area (Å²) in [6.07, 6.45) is 1.90. The van der Waals surface area contributed by atoms with Crippen molar-refractivity contribution in [1.82, 2.24) is 14.9 Å². The van der Waals surface area contributed by atoms with Crippen molar-refractivity contribution in [2.24, 2.45) is 0 Å². The molecular formula is C18H21N3S. The zero-order valence-corrected chi connectivity index (χ0v) is 14.3. The maximum atomic E-state index is 4.70. The maximum absolute atomic E-state index is 4.70. The molecule has 1 aromatic carbocycles. The normalized spacial score (nSPS) is 13.0. The number of rotatable bonds is 4. The van der Waals surface area contributed by atoms with E-state index in [1.165, 1.54) is 21.5 Å². The summed E-state index contributed by atoms with van der Waals surface area (Å²) in [6, 6.07) is 10.7. The van der Waals surface area contributed by atoms with Crippen LogP contribution < -0.4 is 0 Å². The number of nitrogens with zero attached hydrogens (tertiary/aromatic N) is 3. The lowest BCUT2D eigenvalue weighted by Gasteiger charge is -2.24. The third kappa shape index (κ3) is 2.89. The van der Waals surface area contributed by atoms with E-state index in [9.17, 15) is 0 Å². The van der Waals surface area contributed by atoms with Crippen LogP contribution in [0.15, 0.2) is 36.5 Å². The minimum Gasteiger partial charge on any atom is -0.294 e. The van der Waals surface area contributed by atoms with Gasteiger partial charge in [0.05, 0.1) is 22.3 Å². The smallest absolute Gasteiger partial charge is 0.0900 e. The number of hydrogen-bond donors (Lipinski definition) is 0. The Bertz CT molecular complexity index is 789. The van der Waals surface area contributed by atoms with Crippen molar-refractivity contribution in [1.29, 1.82) is 0 Å². The molecule has 114 valence electrons. The van der Waals surface area contributed by atoms with E-state index < -0.39 is 0 Å². The zero-order chi connectivity index (χ0) is 15.7. The third-order valence-electron chi connectivity index (χ3n) is 4.16. The quantitative estimate of drug-likeness (QED) is 0.710. The highest BCUT2D eigenvalue weighted by molar-refractivity contribution is 7.11. The second-order valence-electron chi connectivity index (χ2n) is 5.75. The summed E-state index contributed by atoms with van der Waals surface area (Å²) >= 11 is 1.78. The average Bonchev–Trinajstić information content (AvgIpc) is 2.85. The second kappa shape index (κ2) is 6.15. The molecule has 0 radical (unpaired) electrons. The fraction of sp³-hybridized carbons (Fsp3) is 0.333. The highest BCUT2D eigenvalue weighted by Gasteiger charge is 2.18. The Kier molecular flexibility index (Phi) is 4.23. The van der Waals surface area contributed by atoms with Crippen molar-refractivity contribution in [2.75, 3.05) is 7.05 Å². The number of fused-ring (bicyclic) bond motifs is 1. The minimum absolute atomic E-state index is 0.303. The van der Waals surface area contributed by atoms with Crippen LogP contribution in [0.1, 0.15) is 34.1 Å². The van der Waals surface area contributed by atoms with Crippen molar-refractivity contribution in [3.63, 3.8) is 0 Å². The van der Waals surface area contributed by atoms with Gasteiger partial charge in [0.15, 0.2) is 0 Å². The Morgan fingerprint density at radius 3 is 2.68 bits per heavy atom. The largest absolute Gasteiger partial charge is 0.294 e. The summed E-state index contributed by atoms with van der Waals surface area (Å²) in [5.41, 5.74) is 3.56. The second-order valence-corrected chi connectivity index (χ2v) is 7.16. The lowest BCUT2D eigenvalue weighted by atomic mass is 10.1. The topological polar surface area (TPSA) is 29.0 Å². The first kappa shape index (κ1) is 15.1. The number of benzene rings is 1. The van der Waals surface area contributed by atoms with E-state index in [2.05, 4.69) is 62.0 Å². The van der Waals surface area contributed by atoms with E-state index in [4.69, 9.17) is 4.98 Å². The van der Waals surface area contributed by atoms with E-state index >= 15 is 0 Å². The average molecular weight is 311 g/mol. The number of aryl methyl sites for hydroxylation is 2. The number of hydrogen-bond acceptors (Lipinski definition) is 4. The highest BCUT2D eigenvalue weighted by atomic mass is 32.1. The van der Waals surface area contributed by atoms with Gasteiger partial charge in [-0.2, -0.15) is 0 Å². The molecule has 0 fully saturated rings. The Hall–Kier alpha value is -1.78. The molecule has 0 spiro atoms. The SMILES string of the molecule is Cc1nc(C(C)N(C)Cc2ccnc3ccccc23)c(C)s1. The van der Waals surface area contributed by atoms with Gasteiger partial charge in [-0.05, 0) is 45.5 Å². The van der Waals surface area contributed by atoms with Crippen LogP contribution in [0.5, 0.6) is 0 Å². The molecule has 0 amide bonds. The lowest BCUT2D eigenvalue weighted by molar-refractivity contribution is 0.249. The first-order valence-corrected chi connectivity index (χ1v) is 8.34. The van der Waals surface area contributed by atoms with Gasteiger partial charge in [0, 0.05) is 23.0 Å². The molecule has 2 aromatic heterocycles. The predicted molar refractivity (Wildman–Crippen MR) is 93.2 cm³/mol. The van der Waals surface area contributed by atoms with Crippen LogP contribution in [0, 0.1) is 13.8 Å². The number of para-hydroxylation sites is 1. The van der Waals surface area contributed by atoms with Gasteiger partial charge in [-0.25, -0.2) is 4.98 Å². The molecule has 0 aliphatic heterocycles. The van der Waals surface area contributed by atoms with Crippen molar-refractivity contribution in [3.8, 4) is 0 Å². The van der Waals surface area contributed by atoms with Gasteiger partial charge in [0.2, 0.25) is 0 Å². The first-order chi connectivity index (χ1) is 10.6.